The standard InChI is InChI=1S/C10H8N6O/c17-9(15-10-13-5-14-16-10)6-1-2-7-8(3-6)12-4-11-7/h1-5H,(H,11,12)(H2,13,14,15,16,17). The molecule has 0 bridgehead atoms. The Kier molecular flexibility index (Phi) is 2.08. The minimum Gasteiger partial charge on any atom is -0.345 e. The normalized spacial score (nSPS) is 10.6. The van der Waals surface area contributed by atoms with Crippen molar-refractivity contribution in [2.24, 2.45) is 0 Å². The summed E-state index contributed by atoms with van der Waals surface area (Å²) in [6.07, 6.45) is 2.91. The van der Waals surface area contributed by atoms with Gasteiger partial charge in [-0.1, -0.05) is 0 Å². The lowest BCUT2D eigenvalue weighted by Gasteiger charge is -2.01. The van der Waals surface area contributed by atoms with E-state index in [1.54, 1.807) is 24.5 Å². The lowest BCUT2D eigenvalue weighted by Crippen LogP contribution is -2.12. The van der Waals surface area contributed by atoms with E-state index in [0.29, 0.717) is 11.5 Å². The van der Waals surface area contributed by atoms with Gasteiger partial charge in [0, 0.05) is 5.56 Å². The van der Waals surface area contributed by atoms with Crippen molar-refractivity contribution in [1.29, 1.82) is 0 Å². The van der Waals surface area contributed by atoms with Gasteiger partial charge in [0.15, 0.2) is 0 Å². The van der Waals surface area contributed by atoms with E-state index in [1.165, 1.54) is 6.33 Å². The lowest BCUT2D eigenvalue weighted by molar-refractivity contribution is 0.102. The molecule has 0 spiro atoms. The first-order chi connectivity index (χ1) is 8.33. The van der Waals surface area contributed by atoms with E-state index in [-0.39, 0.29) is 5.91 Å². The summed E-state index contributed by atoms with van der Waals surface area (Å²) in [6, 6.07) is 5.21. The molecule has 0 saturated heterocycles. The van der Waals surface area contributed by atoms with E-state index in [9.17, 15) is 4.79 Å². The fourth-order valence-corrected chi connectivity index (χ4v) is 1.52. The van der Waals surface area contributed by atoms with E-state index >= 15 is 0 Å². The second kappa shape index (κ2) is 3.71. The highest BCUT2D eigenvalue weighted by molar-refractivity contribution is 6.05. The summed E-state index contributed by atoms with van der Waals surface area (Å²) in [5.74, 6) is 0.0676. The number of aromatic amines is 2. The minimum atomic E-state index is -0.252. The van der Waals surface area contributed by atoms with Crippen LogP contribution in [-0.4, -0.2) is 31.1 Å². The highest BCUT2D eigenvalue weighted by Crippen LogP contribution is 2.12. The van der Waals surface area contributed by atoms with Crippen LogP contribution in [-0.2, 0) is 0 Å². The maximum atomic E-state index is 11.8. The Morgan fingerprint density at radius 2 is 2.24 bits per heavy atom. The van der Waals surface area contributed by atoms with Crippen molar-refractivity contribution < 1.29 is 4.79 Å². The molecule has 0 aliphatic carbocycles. The molecule has 3 aromatic rings. The number of hydrogen-bond donors (Lipinski definition) is 3. The van der Waals surface area contributed by atoms with Crippen molar-refractivity contribution in [3.63, 3.8) is 0 Å². The van der Waals surface area contributed by atoms with Gasteiger partial charge in [-0.05, 0) is 18.2 Å². The summed E-state index contributed by atoms with van der Waals surface area (Å²) in [5, 5.41) is 8.79. The van der Waals surface area contributed by atoms with E-state index < -0.39 is 0 Å². The predicted octanol–water partition coefficient (Wildman–Crippen LogP) is 0.933. The van der Waals surface area contributed by atoms with Crippen LogP contribution in [0.25, 0.3) is 11.0 Å². The second-order valence-electron chi connectivity index (χ2n) is 3.42. The van der Waals surface area contributed by atoms with Gasteiger partial charge in [-0.15, -0.1) is 0 Å². The van der Waals surface area contributed by atoms with Crippen LogP contribution in [0.5, 0.6) is 0 Å². The molecule has 2 heterocycles. The zero-order valence-electron chi connectivity index (χ0n) is 8.64. The Balaban J connectivity index is 1.90. The number of nitrogens with one attached hydrogen (secondary N) is 3. The molecule has 17 heavy (non-hydrogen) atoms. The van der Waals surface area contributed by atoms with Gasteiger partial charge in [0.2, 0.25) is 5.95 Å². The summed E-state index contributed by atoms with van der Waals surface area (Å²) in [6.45, 7) is 0. The molecule has 0 aliphatic rings. The van der Waals surface area contributed by atoms with E-state index in [0.717, 1.165) is 11.0 Å². The van der Waals surface area contributed by atoms with E-state index in [4.69, 9.17) is 0 Å². The van der Waals surface area contributed by atoms with Crippen LogP contribution in [0.1, 0.15) is 10.4 Å². The first kappa shape index (κ1) is 9.52. The molecule has 0 aliphatic heterocycles. The number of carbonyl (C=O) groups excluding carboxylic acids is 1. The Bertz CT molecular complexity index is 656. The molecule has 2 aromatic heterocycles. The number of aromatic nitrogens is 5. The quantitative estimate of drug-likeness (QED) is 0.607. The van der Waals surface area contributed by atoms with Gasteiger partial charge in [-0.3, -0.25) is 10.1 Å². The van der Waals surface area contributed by atoms with Crippen LogP contribution in [0.4, 0.5) is 5.95 Å². The molecule has 3 rings (SSSR count). The van der Waals surface area contributed by atoms with Gasteiger partial charge in [0.25, 0.3) is 5.91 Å². The van der Waals surface area contributed by atoms with Crippen molar-refractivity contribution in [2.45, 2.75) is 0 Å². The summed E-state index contributed by atoms with van der Waals surface area (Å²) < 4.78 is 0. The number of carbonyl (C=O) groups is 1. The number of fused-ring (bicyclic) bond motifs is 1. The Morgan fingerprint density at radius 3 is 3.06 bits per heavy atom. The first-order valence-electron chi connectivity index (χ1n) is 4.93. The number of amides is 1. The summed E-state index contributed by atoms with van der Waals surface area (Å²) in [7, 11) is 0. The molecule has 0 fully saturated rings. The van der Waals surface area contributed by atoms with Gasteiger partial charge >= 0.3 is 0 Å². The number of nitrogens with zero attached hydrogens (tertiary/aromatic N) is 3. The third-order valence-corrected chi connectivity index (χ3v) is 2.33. The molecule has 1 aromatic carbocycles. The zero-order valence-corrected chi connectivity index (χ0v) is 8.64. The van der Waals surface area contributed by atoms with Gasteiger partial charge in [-0.2, -0.15) is 10.1 Å². The van der Waals surface area contributed by atoms with Gasteiger partial charge in [0.1, 0.15) is 6.33 Å². The molecule has 7 heteroatoms. The highest BCUT2D eigenvalue weighted by Gasteiger charge is 2.08. The van der Waals surface area contributed by atoms with E-state index in [2.05, 4.69) is 30.5 Å². The number of rotatable bonds is 2. The molecule has 7 nitrogen and oxygen atoms in total. The van der Waals surface area contributed by atoms with Crippen LogP contribution in [0, 0.1) is 0 Å². The molecular formula is C10H8N6O. The van der Waals surface area contributed by atoms with Crippen LogP contribution < -0.4 is 5.32 Å². The first-order valence-corrected chi connectivity index (χ1v) is 4.93. The van der Waals surface area contributed by atoms with Gasteiger partial charge in [0.05, 0.1) is 17.4 Å². The lowest BCUT2D eigenvalue weighted by atomic mass is 10.2. The molecule has 0 radical (unpaired) electrons. The second-order valence-corrected chi connectivity index (χ2v) is 3.42. The average molecular weight is 228 g/mol. The topological polar surface area (TPSA) is 99.3 Å². The van der Waals surface area contributed by atoms with Crippen LogP contribution in [0.15, 0.2) is 30.9 Å². The molecular weight excluding hydrogens is 220 g/mol. The predicted molar refractivity (Wildman–Crippen MR) is 60.4 cm³/mol. The largest absolute Gasteiger partial charge is 0.345 e. The smallest absolute Gasteiger partial charge is 0.258 e. The zero-order chi connectivity index (χ0) is 11.7. The Labute approximate surface area is 95.3 Å². The van der Waals surface area contributed by atoms with Crippen molar-refractivity contribution in [3.05, 3.63) is 36.4 Å². The average Bonchev–Trinajstić information content (AvgIpc) is 2.97. The number of H-pyrrole nitrogens is 2. The summed E-state index contributed by atoms with van der Waals surface area (Å²) in [4.78, 5) is 22.7. The fourth-order valence-electron chi connectivity index (χ4n) is 1.52. The number of hydrogen-bond acceptors (Lipinski definition) is 4. The van der Waals surface area contributed by atoms with Crippen LogP contribution in [0.2, 0.25) is 0 Å². The van der Waals surface area contributed by atoms with Crippen molar-refractivity contribution in [1.82, 2.24) is 25.1 Å². The highest BCUT2D eigenvalue weighted by atomic mass is 16.1. The molecule has 1 amide bonds. The molecule has 0 unspecified atom stereocenters. The van der Waals surface area contributed by atoms with E-state index in [1.807, 2.05) is 0 Å². The maximum absolute atomic E-state index is 11.8. The molecule has 84 valence electrons. The number of imidazole rings is 1. The summed E-state index contributed by atoms with van der Waals surface area (Å²) in [5.41, 5.74) is 2.16. The fraction of sp³-hybridized carbons (Fsp3) is 0. The third kappa shape index (κ3) is 1.73. The Morgan fingerprint density at radius 1 is 1.29 bits per heavy atom. The van der Waals surface area contributed by atoms with Crippen LogP contribution >= 0.6 is 0 Å². The molecule has 0 saturated carbocycles. The van der Waals surface area contributed by atoms with Crippen LogP contribution in [0.3, 0.4) is 0 Å². The van der Waals surface area contributed by atoms with Crippen molar-refractivity contribution >= 4 is 22.9 Å². The maximum Gasteiger partial charge on any atom is 0.258 e. The number of anilines is 1. The third-order valence-electron chi connectivity index (χ3n) is 2.33. The molecule has 0 atom stereocenters. The van der Waals surface area contributed by atoms with Gasteiger partial charge in [-0.25, -0.2) is 10.1 Å². The number of benzene rings is 1. The summed E-state index contributed by atoms with van der Waals surface area (Å²) >= 11 is 0. The van der Waals surface area contributed by atoms with Gasteiger partial charge < -0.3 is 4.98 Å². The molecule has 3 N–H and O–H groups in total. The van der Waals surface area contributed by atoms with Crippen molar-refractivity contribution in [2.75, 3.05) is 5.32 Å². The Hall–Kier alpha value is -2.70. The SMILES string of the molecule is O=C(Nc1ncn[nH]1)c1ccc2nc[nH]c2c1. The minimum absolute atomic E-state index is 0.252. The van der Waals surface area contributed by atoms with Crippen molar-refractivity contribution in [3.8, 4) is 0 Å². The monoisotopic (exact) mass is 228 g/mol.